The van der Waals surface area contributed by atoms with E-state index in [0.717, 1.165) is 16.4 Å². The lowest BCUT2D eigenvalue weighted by Gasteiger charge is -2.08. The molecule has 0 aliphatic carbocycles. The summed E-state index contributed by atoms with van der Waals surface area (Å²) in [5.74, 6) is -0.214. The highest BCUT2D eigenvalue weighted by atomic mass is 32.2. The molecule has 0 fully saturated rings. The minimum Gasteiger partial charge on any atom is -0.460 e. The average molecular weight is 349 g/mol. The van der Waals surface area contributed by atoms with Crippen molar-refractivity contribution in [3.8, 4) is 0 Å². The number of amides is 1. The Balaban J connectivity index is 1.45. The van der Waals surface area contributed by atoms with Crippen molar-refractivity contribution in [2.24, 2.45) is 10.1 Å². The first-order valence-electron chi connectivity index (χ1n) is 7.18. The highest BCUT2D eigenvalue weighted by Crippen LogP contribution is 2.29. The number of carbonyl (C=O) groups excluding carboxylic acids is 2. The van der Waals surface area contributed by atoms with Gasteiger partial charge in [-0.3, -0.25) is 9.59 Å². The smallest absolute Gasteiger partial charge is 0.316 e. The van der Waals surface area contributed by atoms with Crippen molar-refractivity contribution in [3.05, 3.63) is 35.9 Å². The van der Waals surface area contributed by atoms with Gasteiger partial charge in [0.05, 0.1) is 5.75 Å². The zero-order chi connectivity index (χ0) is 16.1. The molecule has 6 nitrogen and oxygen atoms in total. The highest BCUT2D eigenvalue weighted by molar-refractivity contribution is 8.45. The number of amidine groups is 1. The second-order valence-electron chi connectivity index (χ2n) is 4.92. The van der Waals surface area contributed by atoms with Crippen LogP contribution in [-0.2, 0) is 20.9 Å². The Morgan fingerprint density at radius 3 is 3.00 bits per heavy atom. The van der Waals surface area contributed by atoms with E-state index >= 15 is 0 Å². The number of esters is 1. The molecule has 0 saturated heterocycles. The third-order valence-electron chi connectivity index (χ3n) is 3.14. The second-order valence-corrected chi connectivity index (χ2v) is 7.10. The molecule has 2 aliphatic rings. The fraction of sp³-hybridized carbons (Fsp3) is 0.333. The number of hydrogen-bond acceptors (Lipinski definition) is 7. The van der Waals surface area contributed by atoms with Crippen LogP contribution in [0.5, 0.6) is 0 Å². The van der Waals surface area contributed by atoms with Gasteiger partial charge in [-0.2, -0.15) is 10.1 Å². The molecular weight excluding hydrogens is 334 g/mol. The summed E-state index contributed by atoms with van der Waals surface area (Å²) in [6, 6.07) is 9.55. The Morgan fingerprint density at radius 1 is 1.35 bits per heavy atom. The Morgan fingerprint density at radius 2 is 2.17 bits per heavy atom. The van der Waals surface area contributed by atoms with Crippen LogP contribution in [0.15, 0.2) is 40.4 Å². The summed E-state index contributed by atoms with van der Waals surface area (Å²) in [6.07, 6.45) is 1.21. The molecule has 2 aliphatic heterocycles. The lowest BCUT2D eigenvalue weighted by atomic mass is 10.2. The molecular formula is C15H15N3O3S2. The number of hydrogen-bond donors (Lipinski definition) is 0. The van der Waals surface area contributed by atoms with Crippen LogP contribution in [0.4, 0.5) is 0 Å². The van der Waals surface area contributed by atoms with Crippen molar-refractivity contribution in [2.75, 3.05) is 12.3 Å². The molecule has 8 heteroatoms. The Kier molecular flexibility index (Phi) is 5.35. The van der Waals surface area contributed by atoms with E-state index < -0.39 is 0 Å². The predicted molar refractivity (Wildman–Crippen MR) is 92.1 cm³/mol. The molecule has 0 radical (unpaired) electrons. The second kappa shape index (κ2) is 7.65. The molecule has 1 amide bonds. The van der Waals surface area contributed by atoms with Crippen molar-refractivity contribution < 1.29 is 14.3 Å². The van der Waals surface area contributed by atoms with Crippen LogP contribution in [0.3, 0.4) is 0 Å². The van der Waals surface area contributed by atoms with E-state index in [0.29, 0.717) is 18.1 Å². The molecule has 0 atom stereocenters. The number of carbonyl (C=O) groups is 2. The summed E-state index contributed by atoms with van der Waals surface area (Å²) < 4.78 is 5.94. The van der Waals surface area contributed by atoms with Crippen LogP contribution < -0.4 is 0 Å². The first-order valence-corrected chi connectivity index (χ1v) is 8.99. The molecule has 3 rings (SSSR count). The van der Waals surface area contributed by atoms with Crippen molar-refractivity contribution in [1.82, 2.24) is 5.01 Å². The zero-order valence-electron chi connectivity index (χ0n) is 12.3. The van der Waals surface area contributed by atoms with Gasteiger partial charge in [-0.25, -0.2) is 5.01 Å². The number of benzene rings is 1. The number of nitrogens with zero attached hydrogens (tertiary/aromatic N) is 3. The minimum atomic E-state index is -0.290. The SMILES string of the molecule is O=C1CCCN2N=C(SCC(=O)OCc3ccccc3)SC2=N1. The van der Waals surface area contributed by atoms with Gasteiger partial charge < -0.3 is 4.74 Å². The van der Waals surface area contributed by atoms with Gasteiger partial charge >= 0.3 is 5.97 Å². The maximum Gasteiger partial charge on any atom is 0.316 e. The van der Waals surface area contributed by atoms with Crippen LogP contribution in [0.1, 0.15) is 18.4 Å². The summed E-state index contributed by atoms with van der Waals surface area (Å²) in [5.41, 5.74) is 0.958. The van der Waals surface area contributed by atoms with Crippen molar-refractivity contribution in [2.45, 2.75) is 19.4 Å². The predicted octanol–water partition coefficient (Wildman–Crippen LogP) is 2.46. The van der Waals surface area contributed by atoms with Crippen LogP contribution >= 0.6 is 23.5 Å². The number of aliphatic imine (C=N–C) groups is 1. The van der Waals surface area contributed by atoms with E-state index in [1.54, 1.807) is 5.01 Å². The van der Waals surface area contributed by atoms with Crippen molar-refractivity contribution >= 4 is 44.9 Å². The third-order valence-corrected chi connectivity index (χ3v) is 5.19. The number of thioether (sulfide) groups is 2. The van der Waals surface area contributed by atoms with Gasteiger partial charge in [-0.1, -0.05) is 42.1 Å². The van der Waals surface area contributed by atoms with Crippen LogP contribution in [-0.4, -0.2) is 38.7 Å². The molecule has 23 heavy (non-hydrogen) atoms. The normalized spacial score (nSPS) is 17.2. The molecule has 1 aromatic rings. The van der Waals surface area contributed by atoms with E-state index in [1.165, 1.54) is 23.5 Å². The fourth-order valence-corrected chi connectivity index (χ4v) is 3.82. The van der Waals surface area contributed by atoms with Gasteiger partial charge in [-0.15, -0.1) is 0 Å². The van der Waals surface area contributed by atoms with E-state index in [9.17, 15) is 9.59 Å². The maximum absolute atomic E-state index is 11.8. The lowest BCUT2D eigenvalue weighted by molar-refractivity contribution is -0.141. The molecule has 1 aromatic carbocycles. The first-order chi connectivity index (χ1) is 11.2. The molecule has 120 valence electrons. The van der Waals surface area contributed by atoms with Gasteiger partial charge in [0.25, 0.3) is 0 Å². The minimum absolute atomic E-state index is 0.112. The summed E-state index contributed by atoms with van der Waals surface area (Å²) in [7, 11) is 0. The van der Waals surface area contributed by atoms with Crippen molar-refractivity contribution in [3.63, 3.8) is 0 Å². The quantitative estimate of drug-likeness (QED) is 0.778. The molecule has 2 heterocycles. The Labute approximate surface area is 142 Å². The van der Waals surface area contributed by atoms with Crippen molar-refractivity contribution in [1.29, 1.82) is 0 Å². The van der Waals surface area contributed by atoms with Gasteiger partial charge in [-0.05, 0) is 23.7 Å². The van der Waals surface area contributed by atoms with Crippen LogP contribution in [0.25, 0.3) is 0 Å². The van der Waals surface area contributed by atoms with Crippen LogP contribution in [0.2, 0.25) is 0 Å². The van der Waals surface area contributed by atoms with E-state index in [2.05, 4.69) is 10.1 Å². The van der Waals surface area contributed by atoms with Gasteiger partial charge in [0.2, 0.25) is 5.91 Å². The van der Waals surface area contributed by atoms with Gasteiger partial charge in [0.1, 0.15) is 6.61 Å². The monoisotopic (exact) mass is 349 g/mol. The summed E-state index contributed by atoms with van der Waals surface area (Å²) >= 11 is 2.63. The van der Waals surface area contributed by atoms with Gasteiger partial charge in [0, 0.05) is 13.0 Å². The topological polar surface area (TPSA) is 71.3 Å². The molecule has 0 N–H and O–H groups in total. The van der Waals surface area contributed by atoms with E-state index in [-0.39, 0.29) is 24.2 Å². The Hall–Kier alpha value is -1.80. The number of ether oxygens (including phenoxy) is 1. The van der Waals surface area contributed by atoms with E-state index in [4.69, 9.17) is 4.74 Å². The first kappa shape index (κ1) is 16.1. The van der Waals surface area contributed by atoms with Gasteiger partial charge in [0.15, 0.2) is 9.54 Å². The summed E-state index contributed by atoms with van der Waals surface area (Å²) in [4.78, 5) is 27.3. The average Bonchev–Trinajstić information content (AvgIpc) is 2.85. The number of rotatable bonds is 4. The maximum atomic E-state index is 11.8. The van der Waals surface area contributed by atoms with Crippen LogP contribution in [0, 0.1) is 0 Å². The molecule has 0 spiro atoms. The molecule has 0 saturated carbocycles. The lowest BCUT2D eigenvalue weighted by Crippen LogP contribution is -2.18. The molecule has 0 bridgehead atoms. The third kappa shape index (κ3) is 4.59. The standard InChI is InChI=1S/C15H15N3O3S2/c19-12-7-4-8-18-14(16-12)23-15(17-18)22-10-13(20)21-9-11-5-2-1-3-6-11/h1-3,5-6H,4,7-10H2. The zero-order valence-corrected chi connectivity index (χ0v) is 13.9. The summed E-state index contributed by atoms with van der Waals surface area (Å²) in [6.45, 7) is 0.952. The largest absolute Gasteiger partial charge is 0.460 e. The fourth-order valence-electron chi connectivity index (χ4n) is 2.02. The Bertz CT molecular complexity index is 661. The molecule has 0 unspecified atom stereocenters. The highest BCUT2D eigenvalue weighted by Gasteiger charge is 2.27. The number of hydrazone groups is 1. The number of fused-ring (bicyclic) bond motifs is 1. The van der Waals surface area contributed by atoms with E-state index in [1.807, 2.05) is 30.3 Å². The molecule has 0 aromatic heterocycles. The summed E-state index contributed by atoms with van der Waals surface area (Å²) in [5, 5.41) is 6.71.